The molecule has 2 rings (SSSR count). The molecule has 91 valence electrons. The molecule has 1 aromatic carbocycles. The van der Waals surface area contributed by atoms with E-state index in [0.717, 1.165) is 31.2 Å². The summed E-state index contributed by atoms with van der Waals surface area (Å²) in [6, 6.07) is 8.90. The normalized spacial score (nSPS) is 17.9. The number of carbonyl (C=O) groups excluding carboxylic acids is 1. The second-order valence-corrected chi connectivity index (χ2v) is 4.62. The number of carbonyl (C=O) groups is 1. The minimum absolute atomic E-state index is 0.207. The van der Waals surface area contributed by atoms with E-state index in [4.69, 9.17) is 10.5 Å². The molecular formula is C14H18NO2. The van der Waals surface area contributed by atoms with Crippen molar-refractivity contribution in [1.82, 2.24) is 5.73 Å². The summed E-state index contributed by atoms with van der Waals surface area (Å²) >= 11 is 0. The van der Waals surface area contributed by atoms with Crippen molar-refractivity contribution in [3.05, 3.63) is 35.9 Å². The fourth-order valence-corrected chi connectivity index (χ4v) is 2.30. The summed E-state index contributed by atoms with van der Waals surface area (Å²) in [5.41, 5.74) is 8.84. The van der Waals surface area contributed by atoms with Crippen LogP contribution in [0.3, 0.4) is 0 Å². The SMILES string of the molecule is [NH]C(C(=O)OCc1ccccc1)C1CCCC1. The van der Waals surface area contributed by atoms with Crippen LogP contribution in [0.2, 0.25) is 0 Å². The molecule has 1 fully saturated rings. The maximum atomic E-state index is 11.7. The number of hydrogen-bond donors (Lipinski definition) is 0. The van der Waals surface area contributed by atoms with Gasteiger partial charge in [-0.3, -0.25) is 4.79 Å². The third kappa shape index (κ3) is 3.30. The van der Waals surface area contributed by atoms with Gasteiger partial charge in [0.2, 0.25) is 0 Å². The van der Waals surface area contributed by atoms with Crippen LogP contribution in [0.1, 0.15) is 31.2 Å². The molecule has 1 N–H and O–H groups in total. The lowest BCUT2D eigenvalue weighted by Gasteiger charge is -2.16. The summed E-state index contributed by atoms with van der Waals surface area (Å²) in [4.78, 5) is 11.7. The van der Waals surface area contributed by atoms with E-state index in [1.165, 1.54) is 0 Å². The van der Waals surface area contributed by atoms with Gasteiger partial charge in [-0.15, -0.1) is 0 Å². The van der Waals surface area contributed by atoms with Gasteiger partial charge in [0.15, 0.2) is 0 Å². The van der Waals surface area contributed by atoms with Crippen molar-refractivity contribution in [1.29, 1.82) is 0 Å². The average molecular weight is 232 g/mol. The van der Waals surface area contributed by atoms with Gasteiger partial charge in [0, 0.05) is 0 Å². The molecule has 0 aliphatic heterocycles. The standard InChI is InChI=1S/C14H18NO2/c15-13(12-8-4-5-9-12)14(16)17-10-11-6-2-1-3-7-11/h1-3,6-7,12-13,15H,4-5,8-10H2. The van der Waals surface area contributed by atoms with Crippen LogP contribution < -0.4 is 5.73 Å². The van der Waals surface area contributed by atoms with Gasteiger partial charge in [0.1, 0.15) is 12.6 Å². The Kier molecular flexibility index (Phi) is 4.15. The Morgan fingerprint density at radius 1 is 1.29 bits per heavy atom. The number of esters is 1. The number of benzene rings is 1. The van der Waals surface area contributed by atoms with Crippen LogP contribution in [0.15, 0.2) is 30.3 Å². The van der Waals surface area contributed by atoms with Crippen molar-refractivity contribution in [2.45, 2.75) is 38.3 Å². The van der Waals surface area contributed by atoms with Crippen molar-refractivity contribution in [3.8, 4) is 0 Å². The van der Waals surface area contributed by atoms with E-state index in [9.17, 15) is 4.79 Å². The van der Waals surface area contributed by atoms with Gasteiger partial charge in [-0.2, -0.15) is 0 Å². The highest BCUT2D eigenvalue weighted by Gasteiger charge is 2.29. The van der Waals surface area contributed by atoms with E-state index in [-0.39, 0.29) is 18.5 Å². The predicted molar refractivity (Wildman–Crippen MR) is 65.1 cm³/mol. The van der Waals surface area contributed by atoms with E-state index in [0.29, 0.717) is 0 Å². The fraction of sp³-hybridized carbons (Fsp3) is 0.500. The van der Waals surface area contributed by atoms with Gasteiger partial charge in [-0.05, 0) is 24.3 Å². The first-order valence-electron chi connectivity index (χ1n) is 6.19. The van der Waals surface area contributed by atoms with Crippen LogP contribution in [0, 0.1) is 5.92 Å². The summed E-state index contributed by atoms with van der Waals surface area (Å²) in [6.07, 6.45) is 4.28. The molecule has 0 saturated heterocycles. The van der Waals surface area contributed by atoms with Crippen molar-refractivity contribution < 1.29 is 9.53 Å². The van der Waals surface area contributed by atoms with Gasteiger partial charge >= 0.3 is 5.97 Å². The maximum absolute atomic E-state index is 11.7. The summed E-state index contributed by atoms with van der Waals surface area (Å²) in [5, 5.41) is 0. The number of ether oxygens (including phenoxy) is 1. The Balaban J connectivity index is 1.80. The second kappa shape index (κ2) is 5.82. The average Bonchev–Trinajstić information content (AvgIpc) is 2.90. The minimum atomic E-state index is -0.693. The number of hydrogen-bond acceptors (Lipinski definition) is 2. The lowest BCUT2D eigenvalue weighted by Crippen LogP contribution is -2.31. The van der Waals surface area contributed by atoms with Crippen LogP contribution in [-0.4, -0.2) is 12.0 Å². The molecule has 0 aromatic heterocycles. The van der Waals surface area contributed by atoms with E-state index in [1.54, 1.807) is 0 Å². The quantitative estimate of drug-likeness (QED) is 0.749. The van der Waals surface area contributed by atoms with Crippen LogP contribution in [-0.2, 0) is 16.1 Å². The van der Waals surface area contributed by atoms with Gasteiger partial charge in [0.05, 0.1) is 0 Å². The van der Waals surface area contributed by atoms with Crippen LogP contribution in [0.4, 0.5) is 0 Å². The van der Waals surface area contributed by atoms with Gasteiger partial charge in [-0.1, -0.05) is 43.2 Å². The molecule has 1 atom stereocenters. The highest BCUT2D eigenvalue weighted by molar-refractivity contribution is 5.75. The van der Waals surface area contributed by atoms with Crippen LogP contribution in [0.5, 0.6) is 0 Å². The topological polar surface area (TPSA) is 50.1 Å². The molecule has 17 heavy (non-hydrogen) atoms. The van der Waals surface area contributed by atoms with Crippen molar-refractivity contribution in [2.24, 2.45) is 5.92 Å². The van der Waals surface area contributed by atoms with E-state index >= 15 is 0 Å². The lowest BCUT2D eigenvalue weighted by atomic mass is 9.99. The molecule has 0 amide bonds. The maximum Gasteiger partial charge on any atom is 0.325 e. The molecule has 1 aromatic rings. The van der Waals surface area contributed by atoms with Crippen LogP contribution >= 0.6 is 0 Å². The summed E-state index contributed by atoms with van der Waals surface area (Å²) in [5.74, 6) is -0.168. The molecule has 1 unspecified atom stereocenters. The summed E-state index contributed by atoms with van der Waals surface area (Å²) in [6.45, 7) is 0.280. The van der Waals surface area contributed by atoms with Crippen LogP contribution in [0.25, 0.3) is 0 Å². The second-order valence-electron chi connectivity index (χ2n) is 4.62. The molecule has 1 saturated carbocycles. The predicted octanol–water partition coefficient (Wildman–Crippen LogP) is 2.57. The lowest BCUT2D eigenvalue weighted by molar-refractivity contribution is -0.148. The highest BCUT2D eigenvalue weighted by Crippen LogP contribution is 2.27. The molecule has 3 nitrogen and oxygen atoms in total. The zero-order valence-corrected chi connectivity index (χ0v) is 9.89. The first-order chi connectivity index (χ1) is 8.27. The number of nitrogens with one attached hydrogen (secondary N) is 1. The zero-order valence-electron chi connectivity index (χ0n) is 9.89. The molecule has 0 heterocycles. The Morgan fingerprint density at radius 2 is 1.94 bits per heavy atom. The molecular weight excluding hydrogens is 214 g/mol. The molecule has 0 bridgehead atoms. The van der Waals surface area contributed by atoms with Crippen molar-refractivity contribution in [2.75, 3.05) is 0 Å². The third-order valence-electron chi connectivity index (χ3n) is 3.35. The minimum Gasteiger partial charge on any atom is -0.460 e. The highest BCUT2D eigenvalue weighted by atomic mass is 16.5. The third-order valence-corrected chi connectivity index (χ3v) is 3.35. The Morgan fingerprint density at radius 3 is 2.59 bits per heavy atom. The van der Waals surface area contributed by atoms with Gasteiger partial charge < -0.3 is 4.74 Å². The number of rotatable bonds is 4. The summed E-state index contributed by atoms with van der Waals surface area (Å²) < 4.78 is 5.18. The Bertz CT molecular complexity index is 358. The van der Waals surface area contributed by atoms with Gasteiger partial charge in [-0.25, -0.2) is 5.73 Å². The Hall–Kier alpha value is -1.35. The van der Waals surface area contributed by atoms with Gasteiger partial charge in [0.25, 0.3) is 0 Å². The van der Waals surface area contributed by atoms with E-state index in [2.05, 4.69) is 0 Å². The fourth-order valence-electron chi connectivity index (χ4n) is 2.30. The molecule has 1 aliphatic carbocycles. The molecule has 1 radical (unpaired) electrons. The monoisotopic (exact) mass is 232 g/mol. The smallest absolute Gasteiger partial charge is 0.325 e. The first kappa shape index (κ1) is 12.1. The summed E-state index contributed by atoms with van der Waals surface area (Å²) in [7, 11) is 0. The first-order valence-corrected chi connectivity index (χ1v) is 6.19. The van der Waals surface area contributed by atoms with Crippen molar-refractivity contribution >= 4 is 5.97 Å². The zero-order chi connectivity index (χ0) is 12.1. The molecule has 3 heteroatoms. The van der Waals surface area contributed by atoms with Crippen molar-refractivity contribution in [3.63, 3.8) is 0 Å². The Labute approximate surface area is 102 Å². The molecule has 0 spiro atoms. The van der Waals surface area contributed by atoms with E-state index in [1.807, 2.05) is 30.3 Å². The van der Waals surface area contributed by atoms with E-state index < -0.39 is 6.04 Å². The largest absolute Gasteiger partial charge is 0.460 e. The molecule has 1 aliphatic rings.